The number of hydrogen-bond donors (Lipinski definition) is 1. The van der Waals surface area contributed by atoms with E-state index in [9.17, 15) is 17.4 Å². The third-order valence-electron chi connectivity index (χ3n) is 2.60. The van der Waals surface area contributed by atoms with Gasteiger partial charge in [-0.1, -0.05) is 30.3 Å². The summed E-state index contributed by atoms with van der Waals surface area (Å²) in [5, 5.41) is 9.11. The molecule has 1 N–H and O–H groups in total. The van der Waals surface area contributed by atoms with Gasteiger partial charge in [0.2, 0.25) is 5.54 Å². The van der Waals surface area contributed by atoms with E-state index in [0.29, 0.717) is 0 Å². The largest absolute Gasteiger partial charge is 0.425 e. The van der Waals surface area contributed by atoms with E-state index in [1.54, 1.807) is 6.07 Å². The van der Waals surface area contributed by atoms with Crippen molar-refractivity contribution in [3.63, 3.8) is 0 Å². The summed E-state index contributed by atoms with van der Waals surface area (Å²) in [6, 6.07) is 7.95. The van der Waals surface area contributed by atoms with Crippen molar-refractivity contribution >= 4 is 11.0 Å². The SMILES string of the molecule is CC(C)(C)[S@@](=O)N[C@@](C#N)(c1ccccc1)C(F)(F)F. The van der Waals surface area contributed by atoms with E-state index in [0.717, 1.165) is 0 Å². The van der Waals surface area contributed by atoms with E-state index in [4.69, 9.17) is 5.26 Å². The van der Waals surface area contributed by atoms with Gasteiger partial charge < -0.3 is 0 Å². The van der Waals surface area contributed by atoms with Crippen LogP contribution < -0.4 is 4.72 Å². The van der Waals surface area contributed by atoms with Crippen molar-refractivity contribution in [2.45, 2.75) is 37.2 Å². The lowest BCUT2D eigenvalue weighted by atomic mass is 9.92. The fourth-order valence-corrected chi connectivity index (χ4v) is 2.28. The molecule has 0 saturated heterocycles. The number of hydrogen-bond acceptors (Lipinski definition) is 2. The maximum atomic E-state index is 13.4. The summed E-state index contributed by atoms with van der Waals surface area (Å²) in [5.74, 6) is 0. The lowest BCUT2D eigenvalue weighted by molar-refractivity contribution is -0.176. The summed E-state index contributed by atoms with van der Waals surface area (Å²) in [6.07, 6.45) is -4.90. The Kier molecular flexibility index (Phi) is 4.62. The number of alkyl halides is 3. The van der Waals surface area contributed by atoms with Crippen molar-refractivity contribution in [3.05, 3.63) is 35.9 Å². The second kappa shape index (κ2) is 5.54. The van der Waals surface area contributed by atoms with Crippen molar-refractivity contribution in [1.29, 1.82) is 5.26 Å². The molecule has 0 fully saturated rings. The van der Waals surface area contributed by atoms with Gasteiger partial charge in [0.05, 0.1) is 15.7 Å². The minimum atomic E-state index is -4.90. The van der Waals surface area contributed by atoms with Crippen molar-refractivity contribution < 1.29 is 17.4 Å². The molecule has 1 aromatic rings. The Labute approximate surface area is 118 Å². The molecule has 110 valence electrons. The monoisotopic (exact) mass is 304 g/mol. The molecule has 7 heteroatoms. The summed E-state index contributed by atoms with van der Waals surface area (Å²) in [5.41, 5.74) is -3.28. The quantitative estimate of drug-likeness (QED) is 0.933. The zero-order chi connectivity index (χ0) is 15.6. The first-order valence-electron chi connectivity index (χ1n) is 5.78. The molecule has 0 aliphatic heterocycles. The zero-order valence-corrected chi connectivity index (χ0v) is 12.1. The molecule has 0 unspecified atom stereocenters. The van der Waals surface area contributed by atoms with Crippen LogP contribution in [-0.4, -0.2) is 15.1 Å². The van der Waals surface area contributed by atoms with Gasteiger partial charge in [-0.25, -0.2) is 8.93 Å². The Bertz CT molecular complexity index is 531. The average molecular weight is 304 g/mol. The van der Waals surface area contributed by atoms with Crippen LogP contribution in [0.2, 0.25) is 0 Å². The van der Waals surface area contributed by atoms with Crippen LogP contribution in [0.4, 0.5) is 13.2 Å². The van der Waals surface area contributed by atoms with Gasteiger partial charge in [0.1, 0.15) is 6.07 Å². The average Bonchev–Trinajstić information content (AvgIpc) is 2.34. The Morgan fingerprint density at radius 1 is 1.15 bits per heavy atom. The topological polar surface area (TPSA) is 52.9 Å². The third kappa shape index (κ3) is 3.19. The number of nitriles is 1. The molecule has 1 rings (SSSR count). The van der Waals surface area contributed by atoms with E-state index in [1.807, 2.05) is 4.72 Å². The predicted molar refractivity (Wildman–Crippen MR) is 70.8 cm³/mol. The standard InChI is InChI=1S/C13H15F3N2OS/c1-11(2,3)20(19)18-12(9-17,13(14,15)16)10-7-5-4-6-8-10/h4-8,18H,1-3H3/t12-,20+/m0/s1. The normalized spacial score (nSPS) is 17.1. The number of rotatable bonds is 3. The van der Waals surface area contributed by atoms with Crippen LogP contribution in [0.5, 0.6) is 0 Å². The summed E-state index contributed by atoms with van der Waals surface area (Å²) in [7, 11) is -2.05. The second-order valence-electron chi connectivity index (χ2n) is 5.21. The first-order valence-corrected chi connectivity index (χ1v) is 6.93. The van der Waals surface area contributed by atoms with Crippen LogP contribution in [0.25, 0.3) is 0 Å². The maximum Gasteiger partial charge on any atom is 0.425 e. The smallest absolute Gasteiger partial charge is 0.242 e. The summed E-state index contributed by atoms with van der Waals surface area (Å²) < 4.78 is 53.2. The highest BCUT2D eigenvalue weighted by molar-refractivity contribution is 7.84. The molecule has 0 amide bonds. The molecule has 0 heterocycles. The van der Waals surface area contributed by atoms with Gasteiger partial charge in [0, 0.05) is 0 Å². The Balaban J connectivity index is 3.38. The molecule has 0 saturated carbocycles. The summed E-state index contributed by atoms with van der Waals surface area (Å²) in [6.45, 7) is 4.58. The predicted octanol–water partition coefficient (Wildman–Crippen LogP) is 3.02. The highest BCUT2D eigenvalue weighted by Crippen LogP contribution is 2.39. The van der Waals surface area contributed by atoms with Crippen molar-refractivity contribution in [2.24, 2.45) is 0 Å². The molecule has 1 aromatic carbocycles. The van der Waals surface area contributed by atoms with E-state index < -0.39 is 27.4 Å². The van der Waals surface area contributed by atoms with Crippen LogP contribution >= 0.6 is 0 Å². The first kappa shape index (κ1) is 16.7. The van der Waals surface area contributed by atoms with Crippen LogP contribution in [0, 0.1) is 11.3 Å². The molecule has 2 atom stereocenters. The molecule has 0 bridgehead atoms. The highest BCUT2D eigenvalue weighted by Gasteiger charge is 2.58. The van der Waals surface area contributed by atoms with E-state index in [2.05, 4.69) is 0 Å². The van der Waals surface area contributed by atoms with Gasteiger partial charge in [0.15, 0.2) is 0 Å². The Morgan fingerprint density at radius 3 is 2.00 bits per heavy atom. The second-order valence-corrected chi connectivity index (χ2v) is 7.18. The number of halogens is 3. The van der Waals surface area contributed by atoms with Gasteiger partial charge >= 0.3 is 6.18 Å². The Morgan fingerprint density at radius 2 is 1.65 bits per heavy atom. The fourth-order valence-electron chi connectivity index (χ4n) is 1.41. The fraction of sp³-hybridized carbons (Fsp3) is 0.462. The van der Waals surface area contributed by atoms with Crippen LogP contribution in [0.15, 0.2) is 30.3 Å². The molecule has 0 spiro atoms. The van der Waals surface area contributed by atoms with E-state index >= 15 is 0 Å². The summed E-state index contributed by atoms with van der Waals surface area (Å²) >= 11 is 0. The van der Waals surface area contributed by atoms with Crippen LogP contribution in [0.3, 0.4) is 0 Å². The van der Waals surface area contributed by atoms with Crippen molar-refractivity contribution in [1.82, 2.24) is 4.72 Å². The van der Waals surface area contributed by atoms with E-state index in [1.165, 1.54) is 51.1 Å². The number of nitrogens with zero attached hydrogens (tertiary/aromatic N) is 1. The van der Waals surface area contributed by atoms with Gasteiger partial charge in [-0.05, 0) is 26.3 Å². The maximum absolute atomic E-state index is 13.4. The molecule has 0 aliphatic rings. The van der Waals surface area contributed by atoms with Gasteiger partial charge in [0.25, 0.3) is 0 Å². The Hall–Kier alpha value is -1.39. The minimum Gasteiger partial charge on any atom is -0.242 e. The van der Waals surface area contributed by atoms with Crippen LogP contribution in [-0.2, 0) is 16.5 Å². The van der Waals surface area contributed by atoms with Crippen LogP contribution in [0.1, 0.15) is 26.3 Å². The highest BCUT2D eigenvalue weighted by atomic mass is 32.2. The zero-order valence-electron chi connectivity index (χ0n) is 11.3. The van der Waals surface area contributed by atoms with Crippen molar-refractivity contribution in [2.75, 3.05) is 0 Å². The molecular formula is C13H15F3N2OS. The number of nitrogens with one attached hydrogen (secondary N) is 1. The molecule has 3 nitrogen and oxygen atoms in total. The third-order valence-corrected chi connectivity index (χ3v) is 4.21. The lowest BCUT2D eigenvalue weighted by Gasteiger charge is -2.32. The summed E-state index contributed by atoms with van der Waals surface area (Å²) in [4.78, 5) is 0. The first-order chi connectivity index (χ1) is 9.04. The van der Waals surface area contributed by atoms with Gasteiger partial charge in [-0.3, -0.25) is 0 Å². The minimum absolute atomic E-state index is 0.285. The molecule has 0 radical (unpaired) electrons. The number of benzene rings is 1. The molecule has 0 aliphatic carbocycles. The van der Waals surface area contributed by atoms with Gasteiger partial charge in [-0.2, -0.15) is 18.4 Å². The van der Waals surface area contributed by atoms with Crippen molar-refractivity contribution in [3.8, 4) is 6.07 Å². The molecular weight excluding hydrogens is 289 g/mol. The van der Waals surface area contributed by atoms with E-state index in [-0.39, 0.29) is 5.56 Å². The van der Waals surface area contributed by atoms with Gasteiger partial charge in [-0.15, -0.1) is 0 Å². The lowest BCUT2D eigenvalue weighted by Crippen LogP contribution is -2.56. The molecule has 0 aromatic heterocycles. The molecule has 20 heavy (non-hydrogen) atoms.